The third-order valence-electron chi connectivity index (χ3n) is 3.43. The fourth-order valence-electron chi connectivity index (χ4n) is 2.20. The van der Waals surface area contributed by atoms with E-state index < -0.39 is 11.9 Å². The minimum atomic E-state index is -0.689. The van der Waals surface area contributed by atoms with E-state index in [0.29, 0.717) is 16.3 Å². The molecule has 7 heteroatoms. The molecule has 6 nitrogen and oxygen atoms in total. The van der Waals surface area contributed by atoms with Gasteiger partial charge in [-0.1, -0.05) is 23.7 Å². The van der Waals surface area contributed by atoms with Crippen LogP contribution < -0.4 is 0 Å². The first-order chi connectivity index (χ1) is 12.1. The highest BCUT2D eigenvalue weighted by Gasteiger charge is 2.19. The summed E-state index contributed by atoms with van der Waals surface area (Å²) in [5.74, 6) is -0.603. The minimum Gasteiger partial charge on any atom is -0.465 e. The molecule has 2 heterocycles. The van der Waals surface area contributed by atoms with Gasteiger partial charge in [-0.3, -0.25) is 0 Å². The second kappa shape index (κ2) is 7.27. The summed E-state index contributed by atoms with van der Waals surface area (Å²) in [7, 11) is 1.25. The maximum Gasteiger partial charge on any atom is 0.374 e. The Kier molecular flexibility index (Phi) is 4.90. The van der Waals surface area contributed by atoms with Crippen molar-refractivity contribution in [2.24, 2.45) is 0 Å². The highest BCUT2D eigenvalue weighted by atomic mass is 35.5. The molecule has 2 aromatic heterocycles. The summed E-state index contributed by atoms with van der Waals surface area (Å²) in [6.07, 6.45) is 1.32. The summed E-state index contributed by atoms with van der Waals surface area (Å²) in [4.78, 5) is 23.7. The van der Waals surface area contributed by atoms with E-state index in [1.165, 1.54) is 25.5 Å². The van der Waals surface area contributed by atoms with Crippen molar-refractivity contribution in [1.29, 1.82) is 0 Å². The van der Waals surface area contributed by atoms with Gasteiger partial charge in [-0.15, -0.1) is 0 Å². The van der Waals surface area contributed by atoms with Crippen LogP contribution in [0.25, 0.3) is 11.3 Å². The highest BCUT2D eigenvalue weighted by Crippen LogP contribution is 2.29. The molecule has 0 saturated heterocycles. The molecule has 0 N–H and O–H groups in total. The zero-order valence-corrected chi connectivity index (χ0v) is 13.9. The molecule has 128 valence electrons. The fourth-order valence-corrected chi connectivity index (χ4v) is 2.43. The second-order valence-corrected chi connectivity index (χ2v) is 5.38. The van der Waals surface area contributed by atoms with Crippen LogP contribution in [0.1, 0.15) is 26.7 Å². The molecule has 1 aromatic carbocycles. The van der Waals surface area contributed by atoms with Gasteiger partial charge in [0.25, 0.3) is 0 Å². The second-order valence-electron chi connectivity index (χ2n) is 4.97. The molecule has 0 aliphatic rings. The topological polar surface area (TPSA) is 78.9 Å². The molecule has 0 atom stereocenters. The number of methoxy groups -OCH3 is 1. The molecule has 0 aliphatic heterocycles. The van der Waals surface area contributed by atoms with Gasteiger partial charge in [0, 0.05) is 5.56 Å². The van der Waals surface area contributed by atoms with E-state index >= 15 is 0 Å². The van der Waals surface area contributed by atoms with Crippen LogP contribution in [0.15, 0.2) is 57.6 Å². The molecular weight excluding hydrogens is 348 g/mol. The molecule has 0 unspecified atom stereocenters. The van der Waals surface area contributed by atoms with Crippen molar-refractivity contribution in [3.8, 4) is 11.3 Å². The lowest BCUT2D eigenvalue weighted by Gasteiger charge is -2.03. The normalized spacial score (nSPS) is 10.5. The molecule has 0 saturated carbocycles. The predicted molar refractivity (Wildman–Crippen MR) is 88.3 cm³/mol. The van der Waals surface area contributed by atoms with Gasteiger partial charge in [-0.05, 0) is 30.3 Å². The summed E-state index contributed by atoms with van der Waals surface area (Å²) in [5.41, 5.74) is 0.869. The predicted octanol–water partition coefficient (Wildman–Crippen LogP) is 4.34. The zero-order valence-electron chi connectivity index (χ0n) is 13.2. The van der Waals surface area contributed by atoms with Crippen molar-refractivity contribution in [2.45, 2.75) is 6.61 Å². The number of hydrogen-bond acceptors (Lipinski definition) is 6. The Hall–Kier alpha value is -2.99. The van der Waals surface area contributed by atoms with Gasteiger partial charge in [0.15, 0.2) is 12.4 Å². The first-order valence-electron chi connectivity index (χ1n) is 7.26. The summed E-state index contributed by atoms with van der Waals surface area (Å²) in [6.45, 7) is -0.224. The lowest BCUT2D eigenvalue weighted by Crippen LogP contribution is -2.07. The van der Waals surface area contributed by atoms with Crippen LogP contribution in [0.2, 0.25) is 5.02 Å². The Morgan fingerprint density at radius 3 is 2.64 bits per heavy atom. The number of halogens is 1. The van der Waals surface area contributed by atoms with Crippen molar-refractivity contribution in [3.63, 3.8) is 0 Å². The first-order valence-corrected chi connectivity index (χ1v) is 7.64. The Morgan fingerprint density at radius 1 is 1.08 bits per heavy atom. The van der Waals surface area contributed by atoms with Gasteiger partial charge in [0.2, 0.25) is 5.76 Å². The molecule has 0 spiro atoms. The van der Waals surface area contributed by atoms with Crippen molar-refractivity contribution in [3.05, 3.63) is 70.8 Å². The molecule has 0 radical (unpaired) electrons. The van der Waals surface area contributed by atoms with Crippen molar-refractivity contribution >= 4 is 23.5 Å². The van der Waals surface area contributed by atoms with Crippen LogP contribution in [-0.4, -0.2) is 19.0 Å². The van der Waals surface area contributed by atoms with Crippen LogP contribution >= 0.6 is 11.6 Å². The third kappa shape index (κ3) is 3.59. The molecule has 3 rings (SSSR count). The lowest BCUT2D eigenvalue weighted by molar-refractivity contribution is 0.0399. The molecule has 3 aromatic rings. The van der Waals surface area contributed by atoms with E-state index in [4.69, 9.17) is 25.2 Å². The monoisotopic (exact) mass is 360 g/mol. The first kappa shape index (κ1) is 16.9. The molecule has 0 aliphatic carbocycles. The number of furan rings is 2. The smallest absolute Gasteiger partial charge is 0.374 e. The van der Waals surface area contributed by atoms with E-state index in [9.17, 15) is 9.59 Å². The number of esters is 2. The average Bonchev–Trinajstić information content (AvgIpc) is 3.29. The Morgan fingerprint density at radius 2 is 1.88 bits per heavy atom. The Bertz CT molecular complexity index is 908. The van der Waals surface area contributed by atoms with Gasteiger partial charge < -0.3 is 18.3 Å². The van der Waals surface area contributed by atoms with Crippen LogP contribution in [-0.2, 0) is 16.1 Å². The van der Waals surface area contributed by atoms with Gasteiger partial charge in [-0.25, -0.2) is 9.59 Å². The van der Waals surface area contributed by atoms with E-state index in [1.54, 1.807) is 24.3 Å². The van der Waals surface area contributed by atoms with Gasteiger partial charge in [0.1, 0.15) is 11.3 Å². The summed E-state index contributed by atoms with van der Waals surface area (Å²) in [5, 5.41) is 0.509. The lowest BCUT2D eigenvalue weighted by atomic mass is 10.2. The number of carbonyl (C=O) groups is 2. The SMILES string of the molecule is COC(=O)c1ccoc1COC(=O)c1ccc(-c2ccccc2Cl)o1. The van der Waals surface area contributed by atoms with Crippen molar-refractivity contribution in [2.75, 3.05) is 7.11 Å². The number of ether oxygens (including phenoxy) is 2. The zero-order chi connectivity index (χ0) is 17.8. The molecule has 0 bridgehead atoms. The van der Waals surface area contributed by atoms with Gasteiger partial charge in [0.05, 0.1) is 18.4 Å². The molecule has 25 heavy (non-hydrogen) atoms. The quantitative estimate of drug-likeness (QED) is 0.630. The molecular formula is C18H13ClO6. The van der Waals surface area contributed by atoms with Crippen LogP contribution in [0.4, 0.5) is 0 Å². The van der Waals surface area contributed by atoms with Gasteiger partial charge in [-0.2, -0.15) is 0 Å². The number of benzene rings is 1. The Labute approximate surface area is 147 Å². The summed E-state index contributed by atoms with van der Waals surface area (Å²) >= 11 is 6.10. The standard InChI is InChI=1S/C18H13ClO6/c1-22-17(20)12-8-9-23-16(12)10-24-18(21)15-7-6-14(25-15)11-4-2-3-5-13(11)19/h2-9H,10H2,1H3. The van der Waals surface area contributed by atoms with E-state index in [0.717, 1.165) is 0 Å². The van der Waals surface area contributed by atoms with Crippen LogP contribution in [0, 0.1) is 0 Å². The largest absolute Gasteiger partial charge is 0.465 e. The highest BCUT2D eigenvalue weighted by molar-refractivity contribution is 6.33. The van der Waals surface area contributed by atoms with Crippen molar-refractivity contribution < 1.29 is 27.9 Å². The minimum absolute atomic E-state index is 0.0149. The maximum absolute atomic E-state index is 12.1. The Balaban J connectivity index is 1.70. The number of rotatable bonds is 5. The van der Waals surface area contributed by atoms with Crippen molar-refractivity contribution in [1.82, 2.24) is 0 Å². The van der Waals surface area contributed by atoms with Gasteiger partial charge >= 0.3 is 11.9 Å². The molecule has 0 fully saturated rings. The van der Waals surface area contributed by atoms with E-state index in [1.807, 2.05) is 6.07 Å². The van der Waals surface area contributed by atoms with Crippen LogP contribution in [0.5, 0.6) is 0 Å². The fraction of sp³-hybridized carbons (Fsp3) is 0.111. The summed E-state index contributed by atoms with van der Waals surface area (Å²) in [6, 6.07) is 11.7. The third-order valence-corrected chi connectivity index (χ3v) is 3.76. The van der Waals surface area contributed by atoms with Crippen LogP contribution in [0.3, 0.4) is 0 Å². The maximum atomic E-state index is 12.1. The van der Waals surface area contributed by atoms with E-state index in [2.05, 4.69) is 4.74 Å². The number of hydrogen-bond donors (Lipinski definition) is 0. The molecule has 0 amide bonds. The number of carbonyl (C=O) groups excluding carboxylic acids is 2. The average molecular weight is 361 g/mol. The van der Waals surface area contributed by atoms with E-state index in [-0.39, 0.29) is 23.7 Å². The summed E-state index contributed by atoms with van der Waals surface area (Å²) < 4.78 is 20.4.